The molecule has 0 saturated heterocycles. The Morgan fingerprint density at radius 1 is 1.44 bits per heavy atom. The molecule has 6 heteroatoms. The number of amides is 1. The van der Waals surface area contributed by atoms with Gasteiger partial charge in [-0.1, -0.05) is 6.92 Å². The molecule has 18 heavy (non-hydrogen) atoms. The predicted molar refractivity (Wildman–Crippen MR) is 76.1 cm³/mol. The van der Waals surface area contributed by atoms with Gasteiger partial charge in [-0.25, -0.2) is 4.98 Å². The van der Waals surface area contributed by atoms with E-state index in [9.17, 15) is 4.79 Å². The van der Waals surface area contributed by atoms with Crippen molar-refractivity contribution < 1.29 is 4.79 Å². The van der Waals surface area contributed by atoms with Crippen LogP contribution >= 0.6 is 11.8 Å². The zero-order valence-corrected chi connectivity index (χ0v) is 11.9. The molecule has 0 aliphatic rings. The highest BCUT2D eigenvalue weighted by molar-refractivity contribution is 7.98. The summed E-state index contributed by atoms with van der Waals surface area (Å²) in [7, 11) is 0. The first-order valence-corrected chi connectivity index (χ1v) is 7.46. The number of carbonyl (C=O) groups is 1. The van der Waals surface area contributed by atoms with Gasteiger partial charge in [-0.15, -0.1) is 0 Å². The van der Waals surface area contributed by atoms with E-state index in [1.165, 1.54) is 6.20 Å². The Kier molecular flexibility index (Phi) is 6.49. The van der Waals surface area contributed by atoms with Crippen molar-refractivity contribution in [2.75, 3.05) is 23.9 Å². The number of carbonyl (C=O) groups excluding carboxylic acids is 1. The van der Waals surface area contributed by atoms with Crippen LogP contribution in [0.2, 0.25) is 0 Å². The highest BCUT2D eigenvalue weighted by atomic mass is 32.2. The molecule has 0 aliphatic carbocycles. The van der Waals surface area contributed by atoms with Crippen LogP contribution in [-0.2, 0) is 0 Å². The normalized spacial score (nSPS) is 11.9. The van der Waals surface area contributed by atoms with Crippen molar-refractivity contribution in [2.24, 2.45) is 0 Å². The second-order valence-electron chi connectivity index (χ2n) is 3.85. The summed E-state index contributed by atoms with van der Waals surface area (Å²) in [6.45, 7) is 4.78. The minimum absolute atomic E-state index is 0.164. The van der Waals surface area contributed by atoms with E-state index >= 15 is 0 Å². The lowest BCUT2D eigenvalue weighted by Gasteiger charge is -2.15. The Bertz CT molecular complexity index is 386. The van der Waals surface area contributed by atoms with E-state index in [0.717, 1.165) is 18.7 Å². The van der Waals surface area contributed by atoms with Crippen molar-refractivity contribution in [2.45, 2.75) is 26.3 Å². The summed E-state index contributed by atoms with van der Waals surface area (Å²) in [5.74, 6) is 1.37. The SMILES string of the molecule is CCNc1cncc(C(=O)NC(CC)CSC)n1. The maximum atomic E-state index is 12.0. The average molecular weight is 268 g/mol. The number of nitrogens with one attached hydrogen (secondary N) is 2. The smallest absolute Gasteiger partial charge is 0.271 e. The van der Waals surface area contributed by atoms with Gasteiger partial charge in [0, 0.05) is 18.3 Å². The largest absolute Gasteiger partial charge is 0.369 e. The highest BCUT2D eigenvalue weighted by Gasteiger charge is 2.13. The molecular weight excluding hydrogens is 248 g/mol. The molecular formula is C12H20N4OS. The van der Waals surface area contributed by atoms with Gasteiger partial charge in [-0.2, -0.15) is 11.8 Å². The lowest BCUT2D eigenvalue weighted by atomic mass is 10.2. The van der Waals surface area contributed by atoms with Crippen LogP contribution in [0.3, 0.4) is 0 Å². The Morgan fingerprint density at radius 3 is 2.83 bits per heavy atom. The lowest BCUT2D eigenvalue weighted by Crippen LogP contribution is -2.36. The van der Waals surface area contributed by atoms with Gasteiger partial charge in [0.25, 0.3) is 5.91 Å². The zero-order valence-electron chi connectivity index (χ0n) is 11.1. The van der Waals surface area contributed by atoms with Crippen molar-refractivity contribution in [3.05, 3.63) is 18.1 Å². The summed E-state index contributed by atoms with van der Waals surface area (Å²) in [4.78, 5) is 20.2. The van der Waals surface area contributed by atoms with Gasteiger partial charge < -0.3 is 10.6 Å². The molecule has 1 heterocycles. The van der Waals surface area contributed by atoms with E-state index in [1.54, 1.807) is 18.0 Å². The molecule has 0 fully saturated rings. The molecule has 5 nitrogen and oxygen atoms in total. The predicted octanol–water partition coefficient (Wildman–Crippen LogP) is 1.78. The summed E-state index contributed by atoms with van der Waals surface area (Å²) in [6, 6.07) is 0.178. The maximum Gasteiger partial charge on any atom is 0.271 e. The van der Waals surface area contributed by atoms with Gasteiger partial charge in [0.15, 0.2) is 0 Å². The molecule has 1 aromatic rings. The van der Waals surface area contributed by atoms with Crippen molar-refractivity contribution in [3.8, 4) is 0 Å². The number of nitrogens with zero attached hydrogens (tertiary/aromatic N) is 2. The molecule has 0 radical (unpaired) electrons. The van der Waals surface area contributed by atoms with E-state index in [2.05, 4.69) is 27.5 Å². The van der Waals surface area contributed by atoms with E-state index in [1.807, 2.05) is 13.2 Å². The fourth-order valence-corrected chi connectivity index (χ4v) is 2.19. The zero-order chi connectivity index (χ0) is 13.4. The minimum atomic E-state index is -0.164. The second-order valence-corrected chi connectivity index (χ2v) is 4.76. The number of anilines is 1. The van der Waals surface area contributed by atoms with Gasteiger partial charge in [-0.05, 0) is 19.6 Å². The maximum absolute atomic E-state index is 12.0. The van der Waals surface area contributed by atoms with Crippen molar-refractivity contribution in [1.29, 1.82) is 0 Å². The Morgan fingerprint density at radius 2 is 2.22 bits per heavy atom. The number of aromatic nitrogens is 2. The van der Waals surface area contributed by atoms with Gasteiger partial charge >= 0.3 is 0 Å². The molecule has 1 rings (SSSR count). The quantitative estimate of drug-likeness (QED) is 0.789. The van der Waals surface area contributed by atoms with Crippen LogP contribution in [0.25, 0.3) is 0 Å². The summed E-state index contributed by atoms with van der Waals surface area (Å²) in [5, 5.41) is 6.00. The topological polar surface area (TPSA) is 66.9 Å². The van der Waals surface area contributed by atoms with Crippen molar-refractivity contribution >= 4 is 23.5 Å². The van der Waals surface area contributed by atoms with Crippen molar-refractivity contribution in [1.82, 2.24) is 15.3 Å². The fraction of sp³-hybridized carbons (Fsp3) is 0.583. The number of thioether (sulfide) groups is 1. The van der Waals surface area contributed by atoms with E-state index in [0.29, 0.717) is 11.5 Å². The molecule has 1 amide bonds. The minimum Gasteiger partial charge on any atom is -0.369 e. The molecule has 0 bridgehead atoms. The Balaban J connectivity index is 2.68. The van der Waals surface area contributed by atoms with Gasteiger partial charge in [-0.3, -0.25) is 9.78 Å². The van der Waals surface area contributed by atoms with E-state index < -0.39 is 0 Å². The molecule has 100 valence electrons. The monoisotopic (exact) mass is 268 g/mol. The molecule has 0 aromatic carbocycles. The van der Waals surface area contributed by atoms with Crippen LogP contribution < -0.4 is 10.6 Å². The fourth-order valence-electron chi connectivity index (χ4n) is 1.46. The molecule has 0 aliphatic heterocycles. The van der Waals surface area contributed by atoms with E-state index in [4.69, 9.17) is 0 Å². The average Bonchev–Trinajstić information content (AvgIpc) is 2.39. The van der Waals surface area contributed by atoms with Gasteiger partial charge in [0.1, 0.15) is 11.5 Å². The highest BCUT2D eigenvalue weighted by Crippen LogP contribution is 2.05. The van der Waals surface area contributed by atoms with Gasteiger partial charge in [0.05, 0.1) is 12.4 Å². The Hall–Kier alpha value is -1.30. The van der Waals surface area contributed by atoms with Crippen LogP contribution in [0.1, 0.15) is 30.8 Å². The summed E-state index contributed by atoms with van der Waals surface area (Å²) in [5.41, 5.74) is 0.355. The number of hydrogen-bond acceptors (Lipinski definition) is 5. The van der Waals surface area contributed by atoms with Crippen LogP contribution in [0.4, 0.5) is 5.82 Å². The summed E-state index contributed by atoms with van der Waals surface area (Å²) >= 11 is 1.72. The van der Waals surface area contributed by atoms with Crippen molar-refractivity contribution in [3.63, 3.8) is 0 Å². The van der Waals surface area contributed by atoms with Crippen LogP contribution in [0, 0.1) is 0 Å². The summed E-state index contributed by atoms with van der Waals surface area (Å²) < 4.78 is 0. The molecule has 0 spiro atoms. The molecule has 1 atom stereocenters. The first-order chi connectivity index (χ1) is 8.71. The standard InChI is InChI=1S/C12H20N4OS/c1-4-9(8-18-3)15-12(17)10-6-13-7-11(16-10)14-5-2/h6-7,9H,4-5,8H2,1-3H3,(H,14,16)(H,15,17). The lowest BCUT2D eigenvalue weighted by molar-refractivity contribution is 0.0934. The molecule has 2 N–H and O–H groups in total. The van der Waals surface area contributed by atoms with Crippen LogP contribution in [0.5, 0.6) is 0 Å². The third-order valence-corrected chi connectivity index (χ3v) is 3.16. The molecule has 1 aromatic heterocycles. The first kappa shape index (κ1) is 14.8. The van der Waals surface area contributed by atoms with Crippen LogP contribution in [-0.4, -0.2) is 40.5 Å². The third-order valence-electron chi connectivity index (χ3n) is 2.42. The number of rotatable bonds is 7. The molecule has 0 saturated carbocycles. The third kappa shape index (κ3) is 4.52. The number of hydrogen-bond donors (Lipinski definition) is 2. The molecule has 1 unspecified atom stereocenters. The summed E-state index contributed by atoms with van der Waals surface area (Å²) in [6.07, 6.45) is 6.04. The van der Waals surface area contributed by atoms with E-state index in [-0.39, 0.29) is 11.9 Å². The second kappa shape index (κ2) is 7.92. The van der Waals surface area contributed by atoms with Gasteiger partial charge in [0.2, 0.25) is 0 Å². The van der Waals surface area contributed by atoms with Crippen LogP contribution in [0.15, 0.2) is 12.4 Å². The first-order valence-electron chi connectivity index (χ1n) is 6.06. The Labute approximate surface area is 112 Å².